The number of ether oxygens (including phenoxy) is 1. The standard InChI is InChI=1S/C12H16N2O2/c1-8(7-13)11-12(15)14(2)9-5-3-4-6-10(9)16-11/h3-6,8,11H,7,13H2,1-2H3. The van der Waals surface area contributed by atoms with Gasteiger partial charge in [0.15, 0.2) is 6.10 Å². The van der Waals surface area contributed by atoms with Crippen molar-refractivity contribution in [3.8, 4) is 5.75 Å². The molecule has 2 atom stereocenters. The van der Waals surface area contributed by atoms with Gasteiger partial charge in [0.2, 0.25) is 0 Å². The summed E-state index contributed by atoms with van der Waals surface area (Å²) < 4.78 is 5.70. The highest BCUT2D eigenvalue weighted by Crippen LogP contribution is 2.34. The zero-order valence-electron chi connectivity index (χ0n) is 9.51. The smallest absolute Gasteiger partial charge is 0.268 e. The summed E-state index contributed by atoms with van der Waals surface area (Å²) in [6, 6.07) is 7.52. The van der Waals surface area contributed by atoms with Gasteiger partial charge in [0.25, 0.3) is 5.91 Å². The zero-order chi connectivity index (χ0) is 11.7. The molecule has 1 aromatic carbocycles. The maximum absolute atomic E-state index is 12.0. The molecule has 2 N–H and O–H groups in total. The van der Waals surface area contributed by atoms with Crippen molar-refractivity contribution >= 4 is 11.6 Å². The molecule has 1 heterocycles. The Labute approximate surface area is 95.0 Å². The highest BCUT2D eigenvalue weighted by Gasteiger charge is 2.35. The number of carbonyl (C=O) groups excluding carboxylic acids is 1. The zero-order valence-corrected chi connectivity index (χ0v) is 9.51. The van der Waals surface area contributed by atoms with Crippen molar-refractivity contribution in [2.75, 3.05) is 18.5 Å². The molecule has 0 bridgehead atoms. The summed E-state index contributed by atoms with van der Waals surface area (Å²) >= 11 is 0. The lowest BCUT2D eigenvalue weighted by Crippen LogP contribution is -2.48. The summed E-state index contributed by atoms with van der Waals surface area (Å²) in [7, 11) is 1.76. The number of hydrogen-bond donors (Lipinski definition) is 1. The number of benzene rings is 1. The largest absolute Gasteiger partial charge is 0.478 e. The molecule has 1 amide bonds. The summed E-state index contributed by atoms with van der Waals surface area (Å²) in [5.74, 6) is 0.731. The number of nitrogens with two attached hydrogens (primary N) is 1. The van der Waals surface area contributed by atoms with Crippen LogP contribution in [0.15, 0.2) is 24.3 Å². The second-order valence-corrected chi connectivity index (χ2v) is 4.12. The molecule has 0 aliphatic carbocycles. The van der Waals surface area contributed by atoms with Gasteiger partial charge in [0, 0.05) is 13.0 Å². The maximum Gasteiger partial charge on any atom is 0.268 e. The van der Waals surface area contributed by atoms with Crippen LogP contribution in [0.3, 0.4) is 0 Å². The highest BCUT2D eigenvalue weighted by molar-refractivity contribution is 5.99. The highest BCUT2D eigenvalue weighted by atomic mass is 16.5. The van der Waals surface area contributed by atoms with E-state index in [9.17, 15) is 4.79 Å². The van der Waals surface area contributed by atoms with Gasteiger partial charge in [-0.1, -0.05) is 19.1 Å². The van der Waals surface area contributed by atoms with Gasteiger partial charge in [-0.15, -0.1) is 0 Å². The van der Waals surface area contributed by atoms with Crippen LogP contribution in [0, 0.1) is 5.92 Å². The molecule has 0 saturated heterocycles. The van der Waals surface area contributed by atoms with Gasteiger partial charge in [-0.05, 0) is 18.7 Å². The minimum atomic E-state index is -0.468. The summed E-state index contributed by atoms with van der Waals surface area (Å²) in [6.07, 6.45) is -0.468. The summed E-state index contributed by atoms with van der Waals surface area (Å²) in [5, 5.41) is 0. The van der Waals surface area contributed by atoms with Crippen LogP contribution in [0.5, 0.6) is 5.75 Å². The predicted molar refractivity (Wildman–Crippen MR) is 62.5 cm³/mol. The Balaban J connectivity index is 2.35. The molecule has 4 heteroatoms. The van der Waals surface area contributed by atoms with Gasteiger partial charge in [-0.2, -0.15) is 0 Å². The SMILES string of the molecule is CC(CN)C1Oc2ccccc2N(C)C1=O. The molecule has 0 fully saturated rings. The molecule has 2 unspecified atom stereocenters. The molecule has 1 aliphatic rings. The molecule has 4 nitrogen and oxygen atoms in total. The Hall–Kier alpha value is -1.55. The fraction of sp³-hybridized carbons (Fsp3) is 0.417. The normalized spacial score (nSPS) is 21.3. The Morgan fingerprint density at radius 3 is 2.88 bits per heavy atom. The number of hydrogen-bond acceptors (Lipinski definition) is 3. The lowest BCUT2D eigenvalue weighted by Gasteiger charge is -2.34. The Kier molecular flexibility index (Phi) is 2.83. The first-order valence-corrected chi connectivity index (χ1v) is 5.38. The fourth-order valence-corrected chi connectivity index (χ4v) is 1.81. The Morgan fingerprint density at radius 2 is 2.19 bits per heavy atom. The van der Waals surface area contributed by atoms with Crippen molar-refractivity contribution in [2.24, 2.45) is 11.7 Å². The van der Waals surface area contributed by atoms with E-state index in [0.717, 1.165) is 11.4 Å². The molecule has 0 aromatic heterocycles. The molecule has 0 radical (unpaired) electrons. The van der Waals surface area contributed by atoms with Crippen molar-refractivity contribution in [1.82, 2.24) is 0 Å². The molecule has 86 valence electrons. The first-order valence-electron chi connectivity index (χ1n) is 5.38. The molecule has 2 rings (SSSR count). The number of fused-ring (bicyclic) bond motifs is 1. The van der Waals surface area contributed by atoms with Crippen LogP contribution in [0.1, 0.15) is 6.92 Å². The molecule has 0 spiro atoms. The van der Waals surface area contributed by atoms with Crippen LogP contribution in [-0.4, -0.2) is 25.6 Å². The van der Waals surface area contributed by atoms with Crippen molar-refractivity contribution < 1.29 is 9.53 Å². The third-order valence-electron chi connectivity index (χ3n) is 2.94. The van der Waals surface area contributed by atoms with E-state index in [1.54, 1.807) is 11.9 Å². The van der Waals surface area contributed by atoms with Gasteiger partial charge in [0.1, 0.15) is 5.75 Å². The van der Waals surface area contributed by atoms with Gasteiger partial charge in [0.05, 0.1) is 5.69 Å². The lowest BCUT2D eigenvalue weighted by molar-refractivity contribution is -0.128. The lowest BCUT2D eigenvalue weighted by atomic mass is 10.0. The topological polar surface area (TPSA) is 55.6 Å². The maximum atomic E-state index is 12.0. The van der Waals surface area contributed by atoms with Gasteiger partial charge in [-0.3, -0.25) is 4.79 Å². The Bertz CT molecular complexity index is 406. The van der Waals surface area contributed by atoms with Crippen LogP contribution in [-0.2, 0) is 4.79 Å². The molecule has 1 aromatic rings. The fourth-order valence-electron chi connectivity index (χ4n) is 1.81. The monoisotopic (exact) mass is 220 g/mol. The summed E-state index contributed by atoms with van der Waals surface area (Å²) in [4.78, 5) is 13.7. The molecule has 16 heavy (non-hydrogen) atoms. The number of nitrogens with zero attached hydrogens (tertiary/aromatic N) is 1. The van der Waals surface area contributed by atoms with Gasteiger partial charge in [-0.25, -0.2) is 0 Å². The third kappa shape index (κ3) is 1.65. The van der Waals surface area contributed by atoms with E-state index in [1.165, 1.54) is 0 Å². The number of para-hydroxylation sites is 2. The van der Waals surface area contributed by atoms with Crippen LogP contribution >= 0.6 is 0 Å². The van der Waals surface area contributed by atoms with E-state index in [-0.39, 0.29) is 11.8 Å². The van der Waals surface area contributed by atoms with E-state index in [4.69, 9.17) is 10.5 Å². The third-order valence-corrected chi connectivity index (χ3v) is 2.94. The number of carbonyl (C=O) groups is 1. The number of rotatable bonds is 2. The minimum Gasteiger partial charge on any atom is -0.478 e. The predicted octanol–water partition coefficient (Wildman–Crippen LogP) is 1.01. The minimum absolute atomic E-state index is 0.0170. The van der Waals surface area contributed by atoms with Gasteiger partial charge < -0.3 is 15.4 Å². The summed E-state index contributed by atoms with van der Waals surface area (Å²) in [6.45, 7) is 2.36. The van der Waals surface area contributed by atoms with Crippen molar-refractivity contribution in [3.63, 3.8) is 0 Å². The molecular weight excluding hydrogens is 204 g/mol. The first-order chi connectivity index (χ1) is 7.65. The van der Waals surface area contributed by atoms with Crippen LogP contribution < -0.4 is 15.4 Å². The number of amides is 1. The van der Waals surface area contributed by atoms with Crippen LogP contribution in [0.2, 0.25) is 0 Å². The van der Waals surface area contributed by atoms with Crippen molar-refractivity contribution in [2.45, 2.75) is 13.0 Å². The van der Waals surface area contributed by atoms with E-state index < -0.39 is 6.10 Å². The average molecular weight is 220 g/mol. The van der Waals surface area contributed by atoms with Crippen LogP contribution in [0.25, 0.3) is 0 Å². The van der Waals surface area contributed by atoms with Gasteiger partial charge >= 0.3 is 0 Å². The van der Waals surface area contributed by atoms with E-state index >= 15 is 0 Å². The molecule has 1 aliphatic heterocycles. The van der Waals surface area contributed by atoms with E-state index in [0.29, 0.717) is 6.54 Å². The second-order valence-electron chi connectivity index (χ2n) is 4.12. The molecular formula is C12H16N2O2. The summed E-state index contributed by atoms with van der Waals surface area (Å²) in [5.41, 5.74) is 6.39. The Morgan fingerprint density at radius 1 is 1.50 bits per heavy atom. The average Bonchev–Trinajstić information content (AvgIpc) is 2.33. The second kappa shape index (κ2) is 4.14. The number of anilines is 1. The van der Waals surface area contributed by atoms with Crippen molar-refractivity contribution in [1.29, 1.82) is 0 Å². The molecule has 0 saturated carbocycles. The van der Waals surface area contributed by atoms with E-state index in [1.807, 2.05) is 31.2 Å². The quantitative estimate of drug-likeness (QED) is 0.809. The van der Waals surface area contributed by atoms with E-state index in [2.05, 4.69) is 0 Å². The first kappa shape index (κ1) is 11.0. The van der Waals surface area contributed by atoms with Crippen molar-refractivity contribution in [3.05, 3.63) is 24.3 Å². The van der Waals surface area contributed by atoms with Crippen LogP contribution in [0.4, 0.5) is 5.69 Å². The number of likely N-dealkylation sites (N-methyl/N-ethyl adjacent to an activating group) is 1.